The van der Waals surface area contributed by atoms with Crippen LogP contribution in [0.25, 0.3) is 0 Å². The van der Waals surface area contributed by atoms with Crippen molar-refractivity contribution < 1.29 is 4.39 Å². The summed E-state index contributed by atoms with van der Waals surface area (Å²) in [6.45, 7) is 4.94. The Balaban J connectivity index is 2.68. The standard InChI is InChI=1S/C12H20FN3/c1-4-7-16(9-8-15(2)3)11-5-6-14-12(13)10-11/h5-6,10H,4,7-9H2,1-3H3. The first-order chi connectivity index (χ1) is 7.63. The first kappa shape index (κ1) is 12.9. The number of anilines is 1. The maximum atomic E-state index is 13.0. The number of hydrogen-bond donors (Lipinski definition) is 0. The van der Waals surface area contributed by atoms with Gasteiger partial charge in [-0.05, 0) is 26.6 Å². The van der Waals surface area contributed by atoms with Gasteiger partial charge in [0.25, 0.3) is 0 Å². The highest BCUT2D eigenvalue weighted by molar-refractivity contribution is 5.44. The van der Waals surface area contributed by atoms with E-state index in [0.29, 0.717) is 0 Å². The fourth-order valence-corrected chi connectivity index (χ4v) is 1.55. The Morgan fingerprint density at radius 1 is 1.25 bits per heavy atom. The summed E-state index contributed by atoms with van der Waals surface area (Å²) in [4.78, 5) is 7.88. The quantitative estimate of drug-likeness (QED) is 0.690. The molecule has 0 N–H and O–H groups in total. The lowest BCUT2D eigenvalue weighted by Gasteiger charge is -2.25. The number of halogens is 1. The van der Waals surface area contributed by atoms with Crippen LogP contribution >= 0.6 is 0 Å². The second-order valence-corrected chi connectivity index (χ2v) is 4.13. The zero-order chi connectivity index (χ0) is 12.0. The van der Waals surface area contributed by atoms with Crippen molar-refractivity contribution in [2.45, 2.75) is 13.3 Å². The summed E-state index contributed by atoms with van der Waals surface area (Å²) in [5.41, 5.74) is 0.913. The van der Waals surface area contributed by atoms with E-state index in [1.165, 1.54) is 12.3 Å². The molecule has 0 amide bonds. The smallest absolute Gasteiger partial charge is 0.214 e. The maximum Gasteiger partial charge on any atom is 0.214 e. The zero-order valence-electron chi connectivity index (χ0n) is 10.3. The van der Waals surface area contributed by atoms with Crippen LogP contribution in [0.2, 0.25) is 0 Å². The van der Waals surface area contributed by atoms with Crippen LogP contribution in [0, 0.1) is 5.95 Å². The highest BCUT2D eigenvalue weighted by Crippen LogP contribution is 2.14. The molecule has 0 atom stereocenters. The molecule has 0 aliphatic heterocycles. The van der Waals surface area contributed by atoms with Gasteiger partial charge in [-0.2, -0.15) is 4.39 Å². The molecule has 0 aliphatic carbocycles. The Hall–Kier alpha value is -1.16. The third-order valence-electron chi connectivity index (χ3n) is 2.39. The summed E-state index contributed by atoms with van der Waals surface area (Å²) < 4.78 is 13.0. The first-order valence-corrected chi connectivity index (χ1v) is 5.64. The van der Waals surface area contributed by atoms with E-state index in [2.05, 4.69) is 21.7 Å². The molecule has 0 fully saturated rings. The molecule has 0 bridgehead atoms. The number of hydrogen-bond acceptors (Lipinski definition) is 3. The van der Waals surface area contributed by atoms with Crippen LogP contribution in [0.4, 0.5) is 10.1 Å². The predicted molar refractivity (Wildman–Crippen MR) is 65.3 cm³/mol. The van der Waals surface area contributed by atoms with E-state index in [-0.39, 0.29) is 0 Å². The van der Waals surface area contributed by atoms with Crippen LogP contribution in [-0.4, -0.2) is 43.6 Å². The molecule has 0 aliphatic rings. The van der Waals surface area contributed by atoms with E-state index < -0.39 is 5.95 Å². The van der Waals surface area contributed by atoms with Crippen LogP contribution in [0.1, 0.15) is 13.3 Å². The van der Waals surface area contributed by atoms with Gasteiger partial charge in [0, 0.05) is 37.6 Å². The van der Waals surface area contributed by atoms with Gasteiger partial charge in [-0.1, -0.05) is 6.92 Å². The number of pyridine rings is 1. The van der Waals surface area contributed by atoms with E-state index >= 15 is 0 Å². The van der Waals surface area contributed by atoms with Crippen molar-refractivity contribution in [1.29, 1.82) is 0 Å². The van der Waals surface area contributed by atoms with Gasteiger partial charge in [0.1, 0.15) is 0 Å². The molecule has 3 nitrogen and oxygen atoms in total. The van der Waals surface area contributed by atoms with Gasteiger partial charge in [-0.25, -0.2) is 4.98 Å². The average molecular weight is 225 g/mol. The van der Waals surface area contributed by atoms with Crippen LogP contribution in [-0.2, 0) is 0 Å². The topological polar surface area (TPSA) is 19.4 Å². The van der Waals surface area contributed by atoms with E-state index in [4.69, 9.17) is 0 Å². The van der Waals surface area contributed by atoms with Crippen molar-refractivity contribution in [1.82, 2.24) is 9.88 Å². The molecule has 1 aromatic heterocycles. The van der Waals surface area contributed by atoms with Gasteiger partial charge >= 0.3 is 0 Å². The molecule has 0 spiro atoms. The lowest BCUT2D eigenvalue weighted by molar-refractivity contribution is 0.413. The molecule has 16 heavy (non-hydrogen) atoms. The summed E-state index contributed by atoms with van der Waals surface area (Å²) >= 11 is 0. The monoisotopic (exact) mass is 225 g/mol. The predicted octanol–water partition coefficient (Wildman–Crippen LogP) is 2.00. The third-order valence-corrected chi connectivity index (χ3v) is 2.39. The molecular weight excluding hydrogens is 205 g/mol. The largest absolute Gasteiger partial charge is 0.370 e. The normalized spacial score (nSPS) is 10.8. The molecule has 1 heterocycles. The minimum absolute atomic E-state index is 0.413. The molecular formula is C12H20FN3. The molecule has 0 unspecified atom stereocenters. The minimum atomic E-state index is -0.413. The molecule has 0 aromatic carbocycles. The molecule has 90 valence electrons. The van der Waals surface area contributed by atoms with E-state index in [1.54, 1.807) is 0 Å². The highest BCUT2D eigenvalue weighted by Gasteiger charge is 2.06. The van der Waals surface area contributed by atoms with Gasteiger partial charge in [-0.3, -0.25) is 0 Å². The van der Waals surface area contributed by atoms with Gasteiger partial charge in [0.15, 0.2) is 0 Å². The van der Waals surface area contributed by atoms with Gasteiger partial charge in [-0.15, -0.1) is 0 Å². The van der Waals surface area contributed by atoms with Gasteiger partial charge < -0.3 is 9.80 Å². The molecule has 1 rings (SSSR count). The van der Waals surface area contributed by atoms with E-state index in [9.17, 15) is 4.39 Å². The van der Waals surface area contributed by atoms with Crippen LogP contribution in [0.15, 0.2) is 18.3 Å². The summed E-state index contributed by atoms with van der Waals surface area (Å²) in [5.74, 6) is -0.413. The van der Waals surface area contributed by atoms with Crippen molar-refractivity contribution in [3.63, 3.8) is 0 Å². The van der Waals surface area contributed by atoms with Crippen LogP contribution in [0.3, 0.4) is 0 Å². The van der Waals surface area contributed by atoms with E-state index in [1.807, 2.05) is 20.2 Å². The number of nitrogens with zero attached hydrogens (tertiary/aromatic N) is 3. The minimum Gasteiger partial charge on any atom is -0.370 e. The van der Waals surface area contributed by atoms with Crippen molar-refractivity contribution in [2.75, 3.05) is 38.6 Å². The highest BCUT2D eigenvalue weighted by atomic mass is 19.1. The molecule has 0 saturated heterocycles. The Labute approximate surface area is 96.9 Å². The molecule has 1 aromatic rings. The van der Waals surface area contributed by atoms with Crippen molar-refractivity contribution in [3.05, 3.63) is 24.3 Å². The van der Waals surface area contributed by atoms with Crippen LogP contribution in [0.5, 0.6) is 0 Å². The van der Waals surface area contributed by atoms with Gasteiger partial charge in [0.2, 0.25) is 5.95 Å². The SMILES string of the molecule is CCCN(CCN(C)C)c1ccnc(F)c1. The number of aromatic nitrogens is 1. The fraction of sp³-hybridized carbons (Fsp3) is 0.583. The zero-order valence-corrected chi connectivity index (χ0v) is 10.3. The Morgan fingerprint density at radius 2 is 2.00 bits per heavy atom. The summed E-state index contributed by atoms with van der Waals surface area (Å²) in [7, 11) is 4.08. The average Bonchev–Trinajstić information content (AvgIpc) is 2.24. The Bertz CT molecular complexity index is 315. The Kier molecular flexibility index (Phi) is 5.19. The van der Waals surface area contributed by atoms with Crippen molar-refractivity contribution in [3.8, 4) is 0 Å². The molecule has 4 heteroatoms. The lowest BCUT2D eigenvalue weighted by atomic mass is 10.3. The van der Waals surface area contributed by atoms with E-state index in [0.717, 1.165) is 31.7 Å². The lowest BCUT2D eigenvalue weighted by Crippen LogP contribution is -2.32. The fourth-order valence-electron chi connectivity index (χ4n) is 1.55. The molecule has 0 radical (unpaired) electrons. The number of rotatable bonds is 6. The second-order valence-electron chi connectivity index (χ2n) is 4.13. The maximum absolute atomic E-state index is 13.0. The third kappa shape index (κ3) is 4.14. The summed E-state index contributed by atoms with van der Waals surface area (Å²) in [5, 5.41) is 0. The van der Waals surface area contributed by atoms with Crippen molar-refractivity contribution in [2.24, 2.45) is 0 Å². The Morgan fingerprint density at radius 3 is 2.56 bits per heavy atom. The number of likely N-dealkylation sites (N-methyl/N-ethyl adjacent to an activating group) is 1. The summed E-state index contributed by atoms with van der Waals surface area (Å²) in [6.07, 6.45) is 2.57. The summed E-state index contributed by atoms with van der Waals surface area (Å²) in [6, 6.07) is 3.35. The second kappa shape index (κ2) is 6.43. The van der Waals surface area contributed by atoms with Crippen LogP contribution < -0.4 is 4.90 Å². The van der Waals surface area contributed by atoms with Gasteiger partial charge in [0.05, 0.1) is 0 Å². The molecule has 0 saturated carbocycles. The first-order valence-electron chi connectivity index (χ1n) is 5.64. The van der Waals surface area contributed by atoms with Crippen molar-refractivity contribution >= 4 is 5.69 Å².